The van der Waals surface area contributed by atoms with Gasteiger partial charge in [0.25, 0.3) is 5.91 Å². The van der Waals surface area contributed by atoms with Crippen LogP contribution in [0.4, 0.5) is 0 Å². The average molecular weight is 293 g/mol. The number of nitrogens with zero attached hydrogens (tertiary/aromatic N) is 1. The Hall–Kier alpha value is -2.78. The minimum atomic E-state index is -1.24. The van der Waals surface area contributed by atoms with Crippen molar-refractivity contribution in [3.8, 4) is 6.07 Å². The first-order chi connectivity index (χ1) is 9.36. The largest absolute Gasteiger partial charge is 0.507 e. The van der Waals surface area contributed by atoms with Gasteiger partial charge in [-0.05, 0) is 24.3 Å². The molecule has 1 amide bonds. The number of allylic oxidation sites excluding steroid dienone is 1. The molecule has 102 valence electrons. The molecule has 0 bridgehead atoms. The SMILES string of the molecule is N#C/C(C(N)=O)=C(\O)C(=O)/C=C(\O)c1ccc(Cl)cc1. The maximum absolute atomic E-state index is 11.6. The normalized spacial score (nSPS) is 12.3. The van der Waals surface area contributed by atoms with Crippen LogP contribution in [0.2, 0.25) is 5.02 Å². The van der Waals surface area contributed by atoms with Gasteiger partial charge in [-0.1, -0.05) is 11.6 Å². The zero-order chi connectivity index (χ0) is 15.3. The van der Waals surface area contributed by atoms with E-state index in [2.05, 4.69) is 0 Å². The third-order valence-corrected chi connectivity index (χ3v) is 2.49. The molecule has 1 aromatic carbocycles. The third-order valence-electron chi connectivity index (χ3n) is 2.24. The molecular formula is C13H9ClN2O4. The van der Waals surface area contributed by atoms with Crippen LogP contribution in [0.25, 0.3) is 5.76 Å². The molecule has 6 nitrogen and oxygen atoms in total. The number of benzene rings is 1. The summed E-state index contributed by atoms with van der Waals surface area (Å²) < 4.78 is 0. The standard InChI is InChI=1S/C13H9ClN2O4/c14-8-3-1-7(2-4-8)10(17)5-11(18)12(19)9(6-15)13(16)20/h1-5,17,19H,(H2,16,20)/b10-5-,12-9+. The van der Waals surface area contributed by atoms with Crippen LogP contribution in [-0.2, 0) is 9.59 Å². The predicted molar refractivity (Wildman–Crippen MR) is 71.5 cm³/mol. The quantitative estimate of drug-likeness (QED) is 0.442. The molecule has 0 aliphatic rings. The van der Waals surface area contributed by atoms with Gasteiger partial charge in [-0.3, -0.25) is 9.59 Å². The van der Waals surface area contributed by atoms with Gasteiger partial charge in [0.15, 0.2) is 11.3 Å². The minimum Gasteiger partial charge on any atom is -0.507 e. The number of aliphatic hydroxyl groups excluding tert-OH is 2. The molecular weight excluding hydrogens is 284 g/mol. The maximum Gasteiger partial charge on any atom is 0.263 e. The van der Waals surface area contributed by atoms with Crippen molar-refractivity contribution in [2.24, 2.45) is 5.73 Å². The molecule has 0 saturated heterocycles. The second kappa shape index (κ2) is 6.41. The second-order valence-electron chi connectivity index (χ2n) is 3.60. The summed E-state index contributed by atoms with van der Waals surface area (Å²) in [6.07, 6.45) is 0.666. The van der Waals surface area contributed by atoms with E-state index in [-0.39, 0.29) is 5.56 Å². The van der Waals surface area contributed by atoms with Gasteiger partial charge in [-0.15, -0.1) is 0 Å². The summed E-state index contributed by atoms with van der Waals surface area (Å²) in [5, 5.41) is 28.1. The van der Waals surface area contributed by atoms with Gasteiger partial charge < -0.3 is 15.9 Å². The van der Waals surface area contributed by atoms with Gasteiger partial charge in [0.1, 0.15) is 11.8 Å². The van der Waals surface area contributed by atoms with Gasteiger partial charge in [-0.25, -0.2) is 0 Å². The Morgan fingerprint density at radius 2 is 1.80 bits per heavy atom. The van der Waals surface area contributed by atoms with Crippen LogP contribution in [-0.4, -0.2) is 21.9 Å². The Balaban J connectivity index is 3.11. The number of primary amides is 1. The second-order valence-corrected chi connectivity index (χ2v) is 4.04. The van der Waals surface area contributed by atoms with E-state index in [1.165, 1.54) is 30.3 Å². The average Bonchev–Trinajstić information content (AvgIpc) is 2.39. The molecule has 20 heavy (non-hydrogen) atoms. The van der Waals surface area contributed by atoms with E-state index < -0.39 is 28.8 Å². The Kier molecular flexibility index (Phi) is 4.89. The summed E-state index contributed by atoms with van der Waals surface area (Å²) in [4.78, 5) is 22.4. The van der Waals surface area contributed by atoms with Crippen molar-refractivity contribution in [2.45, 2.75) is 0 Å². The van der Waals surface area contributed by atoms with E-state index in [0.717, 1.165) is 0 Å². The van der Waals surface area contributed by atoms with E-state index >= 15 is 0 Å². The third kappa shape index (κ3) is 3.60. The van der Waals surface area contributed by atoms with Gasteiger partial charge in [0.05, 0.1) is 0 Å². The molecule has 0 atom stereocenters. The summed E-state index contributed by atoms with van der Waals surface area (Å²) in [5.41, 5.74) is 4.21. The number of hydrogen-bond donors (Lipinski definition) is 3. The van der Waals surface area contributed by atoms with Crippen LogP contribution in [0.1, 0.15) is 5.56 Å². The highest BCUT2D eigenvalue weighted by Gasteiger charge is 2.17. The Morgan fingerprint density at radius 3 is 2.25 bits per heavy atom. The van der Waals surface area contributed by atoms with Gasteiger partial charge in [-0.2, -0.15) is 5.26 Å². The highest BCUT2D eigenvalue weighted by molar-refractivity contribution is 6.30. The summed E-state index contributed by atoms with van der Waals surface area (Å²) >= 11 is 5.66. The van der Waals surface area contributed by atoms with Crippen LogP contribution < -0.4 is 5.73 Å². The van der Waals surface area contributed by atoms with Crippen LogP contribution in [0.15, 0.2) is 41.7 Å². The van der Waals surface area contributed by atoms with E-state index in [4.69, 9.17) is 22.6 Å². The fourth-order valence-corrected chi connectivity index (χ4v) is 1.37. The smallest absolute Gasteiger partial charge is 0.263 e. The van der Waals surface area contributed by atoms with Gasteiger partial charge in [0, 0.05) is 16.7 Å². The Bertz CT molecular complexity index is 654. The molecule has 1 rings (SSSR count). The molecule has 0 radical (unpaired) electrons. The number of halogens is 1. The lowest BCUT2D eigenvalue weighted by atomic mass is 10.1. The van der Waals surface area contributed by atoms with Crippen molar-refractivity contribution < 1.29 is 19.8 Å². The monoisotopic (exact) mass is 292 g/mol. The first-order valence-electron chi connectivity index (χ1n) is 5.21. The van der Waals surface area contributed by atoms with E-state index in [1.54, 1.807) is 0 Å². The minimum absolute atomic E-state index is 0.271. The van der Waals surface area contributed by atoms with Crippen molar-refractivity contribution >= 4 is 29.1 Å². The van der Waals surface area contributed by atoms with E-state index in [9.17, 15) is 19.8 Å². The van der Waals surface area contributed by atoms with Crippen molar-refractivity contribution in [1.82, 2.24) is 0 Å². The molecule has 0 aromatic heterocycles. The lowest BCUT2D eigenvalue weighted by Gasteiger charge is -2.01. The Morgan fingerprint density at radius 1 is 1.25 bits per heavy atom. The van der Waals surface area contributed by atoms with Crippen molar-refractivity contribution in [1.29, 1.82) is 5.26 Å². The maximum atomic E-state index is 11.6. The zero-order valence-electron chi connectivity index (χ0n) is 10.0. The number of hydrogen-bond acceptors (Lipinski definition) is 5. The van der Waals surface area contributed by atoms with Crippen LogP contribution in [0.5, 0.6) is 0 Å². The molecule has 0 unspecified atom stereocenters. The predicted octanol–water partition coefficient (Wildman–Crippen LogP) is 1.63. The highest BCUT2D eigenvalue weighted by atomic mass is 35.5. The lowest BCUT2D eigenvalue weighted by molar-refractivity contribution is -0.116. The molecule has 0 fully saturated rings. The number of carbonyl (C=O) groups is 2. The van der Waals surface area contributed by atoms with Crippen LogP contribution in [0, 0.1) is 11.3 Å². The lowest BCUT2D eigenvalue weighted by Crippen LogP contribution is -2.17. The number of carbonyl (C=O) groups excluding carboxylic acids is 2. The van der Waals surface area contributed by atoms with Gasteiger partial charge >= 0.3 is 0 Å². The zero-order valence-corrected chi connectivity index (χ0v) is 10.8. The Labute approximate surface area is 119 Å². The number of rotatable bonds is 4. The summed E-state index contributed by atoms with van der Waals surface area (Å²) in [7, 11) is 0. The number of amides is 1. The molecule has 0 spiro atoms. The first-order valence-corrected chi connectivity index (χ1v) is 5.58. The highest BCUT2D eigenvalue weighted by Crippen LogP contribution is 2.16. The number of aliphatic hydroxyl groups is 2. The summed E-state index contributed by atoms with van der Waals surface area (Å²) in [6, 6.07) is 7.18. The summed E-state index contributed by atoms with van der Waals surface area (Å²) in [6.45, 7) is 0. The molecule has 0 heterocycles. The number of nitriles is 1. The van der Waals surface area contributed by atoms with Crippen molar-refractivity contribution in [3.63, 3.8) is 0 Å². The van der Waals surface area contributed by atoms with Crippen LogP contribution >= 0.6 is 11.6 Å². The molecule has 7 heteroatoms. The van der Waals surface area contributed by atoms with Crippen molar-refractivity contribution in [3.05, 3.63) is 52.3 Å². The fourth-order valence-electron chi connectivity index (χ4n) is 1.24. The molecule has 0 aliphatic heterocycles. The molecule has 0 saturated carbocycles. The summed E-state index contributed by atoms with van der Waals surface area (Å²) in [5.74, 6) is -3.94. The van der Waals surface area contributed by atoms with E-state index in [0.29, 0.717) is 11.1 Å². The number of nitrogens with two attached hydrogens (primary N) is 1. The van der Waals surface area contributed by atoms with Gasteiger partial charge in [0.2, 0.25) is 5.78 Å². The molecule has 4 N–H and O–H groups in total. The van der Waals surface area contributed by atoms with E-state index in [1.807, 2.05) is 0 Å². The first kappa shape index (κ1) is 15.3. The molecule has 1 aromatic rings. The molecule has 0 aliphatic carbocycles. The van der Waals surface area contributed by atoms with Crippen LogP contribution in [0.3, 0.4) is 0 Å². The number of ketones is 1. The fraction of sp³-hybridized carbons (Fsp3) is 0. The topological polar surface area (TPSA) is 124 Å². The van der Waals surface area contributed by atoms with Crippen molar-refractivity contribution in [2.75, 3.05) is 0 Å².